The molecule has 2 aromatic rings. The molecule has 0 radical (unpaired) electrons. The van der Waals surface area contributed by atoms with Crippen molar-refractivity contribution in [3.63, 3.8) is 0 Å². The summed E-state index contributed by atoms with van der Waals surface area (Å²) in [6, 6.07) is 13.4. The van der Waals surface area contributed by atoms with Crippen LogP contribution in [0, 0.1) is 0 Å². The third kappa shape index (κ3) is 5.42. The highest BCUT2D eigenvalue weighted by Crippen LogP contribution is 2.33. The molecule has 5 atom stereocenters. The van der Waals surface area contributed by atoms with Crippen molar-refractivity contribution in [2.75, 3.05) is 13.2 Å². The summed E-state index contributed by atoms with van der Waals surface area (Å²) in [5, 5.41) is 50.6. The number of carboxylic acids is 1. The number of carboxylic acid groups (broad SMARTS) is 1. The molecule has 0 spiro atoms. The summed E-state index contributed by atoms with van der Waals surface area (Å²) in [5.41, 5.74) is 1.65. The van der Waals surface area contributed by atoms with Crippen molar-refractivity contribution in [1.29, 1.82) is 0 Å². The lowest BCUT2D eigenvalue weighted by molar-refractivity contribution is -0.277. The second kappa shape index (κ2) is 10.5. The van der Waals surface area contributed by atoms with E-state index >= 15 is 0 Å². The van der Waals surface area contributed by atoms with Crippen molar-refractivity contribution < 1.29 is 44.6 Å². The fourth-order valence-corrected chi connectivity index (χ4v) is 3.28. The Morgan fingerprint density at radius 2 is 1.66 bits per heavy atom. The Labute approximate surface area is 183 Å². The number of hydrogen-bond donors (Lipinski definition) is 6. The van der Waals surface area contributed by atoms with Gasteiger partial charge in [-0.05, 0) is 23.8 Å². The molecule has 0 saturated carbocycles. The highest BCUT2D eigenvalue weighted by Gasteiger charge is 2.44. The van der Waals surface area contributed by atoms with E-state index in [0.717, 1.165) is 0 Å². The monoisotopic (exact) mass is 447 g/mol. The number of carbonyl (C=O) groups excluding carboxylic acids is 1. The number of aliphatic hydroxyl groups is 4. The molecule has 10 heteroatoms. The zero-order valence-corrected chi connectivity index (χ0v) is 17.0. The van der Waals surface area contributed by atoms with Gasteiger partial charge in [0, 0.05) is 17.7 Å². The summed E-state index contributed by atoms with van der Waals surface area (Å²) >= 11 is 0. The summed E-state index contributed by atoms with van der Waals surface area (Å²) in [5.74, 6) is -1.09. The summed E-state index contributed by atoms with van der Waals surface area (Å²) in [6.45, 7) is -0.547. The lowest BCUT2D eigenvalue weighted by atomic mass is 9.99. The van der Waals surface area contributed by atoms with Gasteiger partial charge in [0.25, 0.3) is 5.91 Å². The summed E-state index contributed by atoms with van der Waals surface area (Å²) in [7, 11) is 0. The second-order valence-electron chi connectivity index (χ2n) is 7.29. The number of benzene rings is 2. The van der Waals surface area contributed by atoms with E-state index in [-0.39, 0.29) is 13.0 Å². The van der Waals surface area contributed by atoms with Gasteiger partial charge < -0.3 is 40.3 Å². The van der Waals surface area contributed by atoms with E-state index in [0.29, 0.717) is 22.4 Å². The number of carbonyl (C=O) groups is 2. The maximum atomic E-state index is 12.1. The van der Waals surface area contributed by atoms with E-state index in [4.69, 9.17) is 14.6 Å². The number of ether oxygens (including phenoxy) is 2. The minimum atomic E-state index is -1.56. The molecule has 0 unspecified atom stereocenters. The number of hydrogen-bond acceptors (Lipinski definition) is 8. The van der Waals surface area contributed by atoms with Crippen LogP contribution in [0.3, 0.4) is 0 Å². The zero-order valence-electron chi connectivity index (χ0n) is 17.0. The van der Waals surface area contributed by atoms with Crippen LogP contribution in [0.2, 0.25) is 0 Å². The molecular weight excluding hydrogens is 422 g/mol. The molecule has 172 valence electrons. The van der Waals surface area contributed by atoms with Crippen LogP contribution < -0.4 is 10.1 Å². The normalized spacial score (nSPS) is 25.2. The van der Waals surface area contributed by atoms with Gasteiger partial charge in [-0.15, -0.1) is 0 Å². The fourth-order valence-electron chi connectivity index (χ4n) is 3.28. The minimum absolute atomic E-state index is 0.0195. The lowest BCUT2D eigenvalue weighted by Crippen LogP contribution is -2.60. The van der Waals surface area contributed by atoms with Crippen molar-refractivity contribution in [2.24, 2.45) is 0 Å². The molecule has 10 nitrogen and oxygen atoms in total. The summed E-state index contributed by atoms with van der Waals surface area (Å²) in [6.07, 6.45) is -7.18. The number of para-hydroxylation sites is 1. The molecule has 1 fully saturated rings. The van der Waals surface area contributed by atoms with Crippen molar-refractivity contribution in [1.82, 2.24) is 5.32 Å². The van der Waals surface area contributed by atoms with Crippen LogP contribution in [0.25, 0.3) is 11.1 Å². The Morgan fingerprint density at radius 3 is 2.31 bits per heavy atom. The lowest BCUT2D eigenvalue weighted by Gasteiger charge is -2.39. The number of nitrogens with one attached hydrogen (secondary N) is 1. The number of rotatable bonds is 8. The first-order valence-corrected chi connectivity index (χ1v) is 9.98. The van der Waals surface area contributed by atoms with Crippen LogP contribution in [0.5, 0.6) is 5.75 Å². The summed E-state index contributed by atoms with van der Waals surface area (Å²) in [4.78, 5) is 22.7. The first-order valence-electron chi connectivity index (χ1n) is 9.98. The smallest absolute Gasteiger partial charge is 0.305 e. The Hall–Kier alpha value is -3.02. The van der Waals surface area contributed by atoms with Gasteiger partial charge >= 0.3 is 5.97 Å². The summed E-state index contributed by atoms with van der Waals surface area (Å²) < 4.78 is 11.2. The maximum absolute atomic E-state index is 12.1. The van der Waals surface area contributed by atoms with Crippen LogP contribution in [0.1, 0.15) is 16.8 Å². The third-order valence-electron chi connectivity index (χ3n) is 5.06. The van der Waals surface area contributed by atoms with Gasteiger partial charge in [-0.2, -0.15) is 0 Å². The first-order chi connectivity index (χ1) is 15.3. The molecule has 2 aromatic carbocycles. The molecule has 1 amide bonds. The van der Waals surface area contributed by atoms with E-state index in [1.165, 1.54) is 0 Å². The number of aliphatic carboxylic acids is 1. The average molecular weight is 447 g/mol. The molecular formula is C22H25NO9. The van der Waals surface area contributed by atoms with Crippen LogP contribution >= 0.6 is 0 Å². The van der Waals surface area contributed by atoms with Crippen molar-refractivity contribution in [3.05, 3.63) is 54.1 Å². The molecule has 0 aliphatic carbocycles. The van der Waals surface area contributed by atoms with Crippen molar-refractivity contribution in [2.45, 2.75) is 37.1 Å². The van der Waals surface area contributed by atoms with Crippen molar-refractivity contribution in [3.8, 4) is 16.9 Å². The van der Waals surface area contributed by atoms with Crippen LogP contribution in [0.4, 0.5) is 0 Å². The largest absolute Gasteiger partial charge is 0.481 e. The quantitative estimate of drug-likeness (QED) is 0.320. The Morgan fingerprint density at radius 1 is 0.969 bits per heavy atom. The van der Waals surface area contributed by atoms with Gasteiger partial charge in [-0.3, -0.25) is 9.59 Å². The molecule has 0 bridgehead atoms. The topological polar surface area (TPSA) is 166 Å². The standard InChI is InChI=1S/C22H25NO9/c24-11-16-18(27)19(28)20(29)22(32-16)31-15-4-2-1-3-14(15)12-5-7-13(8-6-12)21(30)23-10-9-17(25)26/h1-8,16,18-20,22,24,27-29H,9-11H2,(H,23,30)(H,25,26)/t16-,18-,19+,20+,22-/m1/s1. The highest BCUT2D eigenvalue weighted by molar-refractivity contribution is 5.95. The molecule has 0 aromatic heterocycles. The molecule has 6 N–H and O–H groups in total. The van der Waals surface area contributed by atoms with Gasteiger partial charge in [0.1, 0.15) is 30.2 Å². The third-order valence-corrected chi connectivity index (χ3v) is 5.06. The SMILES string of the molecule is O=C(O)CCNC(=O)c1ccc(-c2ccccc2O[C@@H]2O[C@H](CO)[C@@H](O)[C@H](O)[C@@H]2O)cc1. The van der Waals surface area contributed by atoms with E-state index in [1.54, 1.807) is 48.5 Å². The molecule has 1 aliphatic heterocycles. The molecule has 1 saturated heterocycles. The maximum Gasteiger partial charge on any atom is 0.305 e. The fraction of sp³-hybridized carbons (Fsp3) is 0.364. The number of amides is 1. The van der Waals surface area contributed by atoms with Gasteiger partial charge in [-0.25, -0.2) is 0 Å². The van der Waals surface area contributed by atoms with Crippen molar-refractivity contribution >= 4 is 11.9 Å². The van der Waals surface area contributed by atoms with Crippen LogP contribution in [0.15, 0.2) is 48.5 Å². The Kier molecular flexibility index (Phi) is 7.78. The zero-order chi connectivity index (χ0) is 23.3. The minimum Gasteiger partial charge on any atom is -0.481 e. The van der Waals surface area contributed by atoms with Gasteiger partial charge in [-0.1, -0.05) is 30.3 Å². The molecule has 32 heavy (non-hydrogen) atoms. The predicted octanol–water partition coefficient (Wildman–Crippen LogP) is -0.263. The first kappa shape index (κ1) is 23.6. The van der Waals surface area contributed by atoms with Gasteiger partial charge in [0.05, 0.1) is 13.0 Å². The predicted molar refractivity (Wildman–Crippen MR) is 111 cm³/mol. The van der Waals surface area contributed by atoms with Gasteiger partial charge in [0.2, 0.25) is 6.29 Å². The highest BCUT2D eigenvalue weighted by atomic mass is 16.7. The molecule has 3 rings (SSSR count). The average Bonchev–Trinajstić information content (AvgIpc) is 2.79. The molecule has 1 heterocycles. The second-order valence-corrected chi connectivity index (χ2v) is 7.29. The van der Waals surface area contributed by atoms with E-state index in [2.05, 4.69) is 5.32 Å². The Bertz CT molecular complexity index is 931. The van der Waals surface area contributed by atoms with E-state index in [9.17, 15) is 30.0 Å². The van der Waals surface area contributed by atoms with E-state index in [1.807, 2.05) is 0 Å². The Balaban J connectivity index is 1.75. The van der Waals surface area contributed by atoms with Gasteiger partial charge in [0.15, 0.2) is 0 Å². The number of aliphatic hydroxyl groups excluding tert-OH is 4. The molecule has 1 aliphatic rings. The van der Waals surface area contributed by atoms with Crippen LogP contribution in [-0.4, -0.2) is 81.3 Å². The van der Waals surface area contributed by atoms with Crippen LogP contribution in [-0.2, 0) is 9.53 Å². The van der Waals surface area contributed by atoms with E-state index < -0.39 is 49.2 Å².